The van der Waals surface area contributed by atoms with Gasteiger partial charge in [0, 0.05) is 0 Å². The summed E-state index contributed by atoms with van der Waals surface area (Å²) in [6.45, 7) is 11.0. The van der Waals surface area contributed by atoms with Crippen molar-refractivity contribution in [3.8, 4) is 0 Å². The van der Waals surface area contributed by atoms with Gasteiger partial charge >= 0.3 is 0 Å². The minimum absolute atomic E-state index is 0.925. The lowest BCUT2D eigenvalue weighted by Crippen LogP contribution is -2.37. The molecular formula is C66H92. The van der Waals surface area contributed by atoms with Gasteiger partial charge in [-0.15, -0.1) is 13.2 Å². The van der Waals surface area contributed by atoms with Crippen molar-refractivity contribution in [3.05, 3.63) is 86.1 Å². The SMILES string of the molecule is C1=CC2C(C1)C1CC2C2C3C=CC(C3)C12.C1=CC2C3C=CC(C3)C2C1.C1=CCC=C1.C1CC2C(C1)C1CC2C2C3CCC(C3)C12.C=C.CCCC1CC2C3CC(C2C1C)C1C2CCC(C2)C31. The van der Waals surface area contributed by atoms with Gasteiger partial charge in [0.2, 0.25) is 0 Å². The summed E-state index contributed by atoms with van der Waals surface area (Å²) in [5.41, 5.74) is 0. The Morgan fingerprint density at radius 3 is 1.52 bits per heavy atom. The van der Waals surface area contributed by atoms with E-state index in [1.807, 2.05) is 0 Å². The molecule has 0 heteroatoms. The minimum atomic E-state index is 0.925. The Balaban J connectivity index is 0.0000000814. The second-order valence-corrected chi connectivity index (χ2v) is 27.8. The lowest BCUT2D eigenvalue weighted by Gasteiger charge is -2.42. The van der Waals surface area contributed by atoms with Crippen molar-refractivity contribution < 1.29 is 0 Å². The Bertz CT molecular complexity index is 1950. The summed E-state index contributed by atoms with van der Waals surface area (Å²) in [6.07, 6.45) is 59.2. The van der Waals surface area contributed by atoms with Crippen molar-refractivity contribution in [2.75, 3.05) is 0 Å². The third kappa shape index (κ3) is 6.30. The van der Waals surface area contributed by atoms with Crippen LogP contribution in [-0.2, 0) is 0 Å². The Kier molecular flexibility index (Phi) is 11.0. The molecule has 0 nitrogen and oxygen atoms in total. The fraction of sp³-hybridized carbons (Fsp3) is 0.788. The monoisotopic (exact) mass is 885 g/mol. The normalized spacial score (nSPS) is 59.1. The van der Waals surface area contributed by atoms with Crippen LogP contribution in [0, 0.1) is 178 Å². The Labute approximate surface area is 404 Å². The quantitative estimate of drug-likeness (QED) is 0.191. The van der Waals surface area contributed by atoms with Crippen molar-refractivity contribution in [1.82, 2.24) is 0 Å². The van der Waals surface area contributed by atoms with Gasteiger partial charge in [-0.2, -0.15) is 0 Å². The van der Waals surface area contributed by atoms with Crippen molar-refractivity contribution in [1.29, 1.82) is 0 Å². The van der Waals surface area contributed by atoms with E-state index in [0.717, 1.165) is 89.3 Å². The molecule has 14 saturated carbocycles. The van der Waals surface area contributed by atoms with E-state index in [2.05, 4.69) is 99.9 Å². The van der Waals surface area contributed by atoms with Gasteiger partial charge in [-0.05, 0) is 287 Å². The molecule has 0 aromatic rings. The van der Waals surface area contributed by atoms with E-state index in [9.17, 15) is 0 Å². The molecule has 14 bridgehead atoms. The first kappa shape index (κ1) is 43.0. The van der Waals surface area contributed by atoms with Crippen LogP contribution in [0.25, 0.3) is 0 Å². The Morgan fingerprint density at radius 1 is 0.394 bits per heavy atom. The van der Waals surface area contributed by atoms with E-state index in [0.29, 0.717) is 0 Å². The van der Waals surface area contributed by atoms with Crippen LogP contribution in [0.5, 0.6) is 0 Å². The molecular weight excluding hydrogens is 793 g/mol. The fourth-order valence-corrected chi connectivity index (χ4v) is 25.4. The van der Waals surface area contributed by atoms with E-state index in [1.54, 1.807) is 83.5 Å². The third-order valence-electron chi connectivity index (χ3n) is 26.5. The maximum Gasteiger partial charge on any atom is -0.0133 e. The van der Waals surface area contributed by atoms with E-state index in [4.69, 9.17) is 0 Å². The fourth-order valence-electron chi connectivity index (χ4n) is 25.4. The van der Waals surface area contributed by atoms with E-state index in [-0.39, 0.29) is 0 Å². The molecule has 19 aliphatic rings. The van der Waals surface area contributed by atoms with Crippen molar-refractivity contribution in [3.63, 3.8) is 0 Å². The van der Waals surface area contributed by atoms with E-state index in [1.165, 1.54) is 133 Å². The first-order valence-electron chi connectivity index (χ1n) is 30.1. The van der Waals surface area contributed by atoms with Crippen LogP contribution in [0.4, 0.5) is 0 Å². The largest absolute Gasteiger partial charge is 0.106 e. The molecule has 0 saturated heterocycles. The number of hydrogen-bond donors (Lipinski definition) is 0. The van der Waals surface area contributed by atoms with E-state index >= 15 is 0 Å². The van der Waals surface area contributed by atoms with Gasteiger partial charge in [0.25, 0.3) is 0 Å². The van der Waals surface area contributed by atoms with Gasteiger partial charge in [0.15, 0.2) is 0 Å². The summed E-state index contributed by atoms with van der Waals surface area (Å²) >= 11 is 0. The molecule has 66 heavy (non-hydrogen) atoms. The van der Waals surface area contributed by atoms with Gasteiger partial charge in [0.05, 0.1) is 0 Å². The number of rotatable bonds is 2. The van der Waals surface area contributed by atoms with Crippen molar-refractivity contribution >= 4 is 0 Å². The summed E-state index contributed by atoms with van der Waals surface area (Å²) in [6, 6.07) is 0. The molecule has 0 heterocycles. The summed E-state index contributed by atoms with van der Waals surface area (Å²) in [7, 11) is 0. The first-order chi connectivity index (χ1) is 32.6. The van der Waals surface area contributed by atoms with Gasteiger partial charge in [0.1, 0.15) is 0 Å². The maximum absolute atomic E-state index is 3.00. The molecule has 30 atom stereocenters. The molecule has 19 rings (SSSR count). The average Bonchev–Trinajstić information content (AvgIpc) is 4.17. The molecule has 0 spiro atoms. The van der Waals surface area contributed by atoms with Gasteiger partial charge in [-0.1, -0.05) is 106 Å². The molecule has 0 aromatic heterocycles. The highest BCUT2D eigenvalue weighted by atomic mass is 14.7. The third-order valence-corrected chi connectivity index (χ3v) is 26.5. The van der Waals surface area contributed by atoms with E-state index < -0.39 is 0 Å². The van der Waals surface area contributed by atoms with Crippen molar-refractivity contribution in [2.24, 2.45) is 178 Å². The summed E-state index contributed by atoms with van der Waals surface area (Å²) in [5, 5.41) is 0. The average molecular weight is 885 g/mol. The highest BCUT2D eigenvalue weighted by Crippen LogP contribution is 2.76. The first-order valence-corrected chi connectivity index (χ1v) is 30.1. The molecule has 14 fully saturated rings. The van der Waals surface area contributed by atoms with Crippen LogP contribution >= 0.6 is 0 Å². The maximum atomic E-state index is 3.00. The minimum Gasteiger partial charge on any atom is -0.106 e. The van der Waals surface area contributed by atoms with Crippen molar-refractivity contribution in [2.45, 2.75) is 142 Å². The second kappa shape index (κ2) is 16.9. The zero-order chi connectivity index (χ0) is 43.9. The van der Waals surface area contributed by atoms with Gasteiger partial charge < -0.3 is 0 Å². The molecule has 19 aliphatic carbocycles. The smallest absolute Gasteiger partial charge is 0.0133 e. The second-order valence-electron chi connectivity index (χ2n) is 27.8. The predicted octanol–water partition coefficient (Wildman–Crippen LogP) is 16.7. The Hall–Kier alpha value is -1.82. The summed E-state index contributed by atoms with van der Waals surface area (Å²) in [4.78, 5) is 0. The van der Waals surface area contributed by atoms with Crippen LogP contribution in [-0.4, -0.2) is 0 Å². The Morgan fingerprint density at radius 2 is 0.894 bits per heavy atom. The molecule has 0 N–H and O–H groups in total. The highest BCUT2D eigenvalue weighted by Gasteiger charge is 2.69. The van der Waals surface area contributed by atoms with Gasteiger partial charge in [-0.25, -0.2) is 0 Å². The van der Waals surface area contributed by atoms with Gasteiger partial charge in [-0.3, -0.25) is 0 Å². The van der Waals surface area contributed by atoms with Crippen LogP contribution in [0.2, 0.25) is 0 Å². The standard InChI is InChI=1S/C19H30.C15H22.C15H18.C10H12.C5H6.C2H4/c1-3-4-11-8-14-15-9-16(17(14)10(11)2)19-13-6-5-12(7-13)18(15)19;2*1-2-10-11(3-1)13-7-12(10)14-8-4-5-9(6-8)15(13)14;1-2-9-7-4-5-8(6-7)10(9)3-1;1-2-4-5-3-1;1-2/h10-19H,3-9H2,1-2H3;8-15H,1-7H2;1-2,4-5,8-15H,3,6-7H2;1-2,4-5,7-10H,3,6H2;1-4H,5H2;1-2H2. The zero-order valence-electron chi connectivity index (χ0n) is 41.8. The summed E-state index contributed by atoms with van der Waals surface area (Å²) < 4.78 is 0. The predicted molar refractivity (Wildman–Crippen MR) is 274 cm³/mol. The molecule has 356 valence electrons. The lowest BCUT2D eigenvalue weighted by molar-refractivity contribution is 0.0573. The topological polar surface area (TPSA) is 0 Å². The molecule has 0 radical (unpaired) electrons. The molecule has 30 unspecified atom stereocenters. The lowest BCUT2D eigenvalue weighted by atomic mass is 9.63. The van der Waals surface area contributed by atoms with Crippen LogP contribution in [0.1, 0.15) is 142 Å². The van der Waals surface area contributed by atoms with Crippen LogP contribution in [0.15, 0.2) is 86.1 Å². The molecule has 0 aliphatic heterocycles. The summed E-state index contributed by atoms with van der Waals surface area (Å²) in [5.74, 6) is 33.8. The zero-order valence-corrected chi connectivity index (χ0v) is 41.8. The highest BCUT2D eigenvalue weighted by molar-refractivity contribution is 5.26. The molecule has 0 amide bonds. The number of fused-ring (bicyclic) bond motifs is 41. The van der Waals surface area contributed by atoms with Crippen LogP contribution in [0.3, 0.4) is 0 Å². The van der Waals surface area contributed by atoms with Crippen LogP contribution < -0.4 is 0 Å². The number of allylic oxidation sites excluding steroid dienone is 12. The molecule has 0 aromatic carbocycles. The number of hydrogen-bond acceptors (Lipinski definition) is 0.